The summed E-state index contributed by atoms with van der Waals surface area (Å²) < 4.78 is 46.3. The molecule has 4 bridgehead atoms. The summed E-state index contributed by atoms with van der Waals surface area (Å²) in [7, 11) is 0. The van der Waals surface area contributed by atoms with E-state index >= 15 is 0 Å². The fraction of sp³-hybridized carbons (Fsp3) is 0.650. The van der Waals surface area contributed by atoms with Crippen molar-refractivity contribution >= 4 is 11.7 Å². The van der Waals surface area contributed by atoms with Gasteiger partial charge in [-0.15, -0.1) is 13.2 Å². The molecule has 2 unspecified atom stereocenters. The van der Waals surface area contributed by atoms with Crippen molar-refractivity contribution in [3.8, 4) is 5.75 Å². The number of alkyl halides is 3. The Balaban J connectivity index is 1.52. The van der Waals surface area contributed by atoms with Crippen LogP contribution in [0.2, 0.25) is 0 Å². The highest BCUT2D eigenvalue weighted by atomic mass is 19.4. The van der Waals surface area contributed by atoms with Crippen LogP contribution in [0.15, 0.2) is 24.3 Å². The number of rotatable bonds is 5. The lowest BCUT2D eigenvalue weighted by molar-refractivity contribution is -0.274. The van der Waals surface area contributed by atoms with Gasteiger partial charge >= 0.3 is 12.3 Å². The van der Waals surface area contributed by atoms with Crippen molar-refractivity contribution in [2.45, 2.75) is 57.3 Å². The zero-order chi connectivity index (χ0) is 19.3. The summed E-state index contributed by atoms with van der Waals surface area (Å²) in [6.45, 7) is 2.22. The maximum atomic E-state index is 12.7. The van der Waals surface area contributed by atoms with Crippen LogP contribution in [0.4, 0.5) is 18.9 Å². The van der Waals surface area contributed by atoms with Gasteiger partial charge in [-0.1, -0.05) is 0 Å². The lowest BCUT2D eigenvalue weighted by Gasteiger charge is -2.61. The molecule has 4 aliphatic rings. The van der Waals surface area contributed by atoms with Crippen LogP contribution in [-0.4, -0.2) is 24.5 Å². The minimum absolute atomic E-state index is 0.0841. The fourth-order valence-corrected chi connectivity index (χ4v) is 5.98. The van der Waals surface area contributed by atoms with Gasteiger partial charge in [-0.3, -0.25) is 4.79 Å². The molecule has 27 heavy (non-hydrogen) atoms. The van der Waals surface area contributed by atoms with Gasteiger partial charge in [-0.2, -0.15) is 0 Å². The van der Waals surface area contributed by atoms with Gasteiger partial charge in [0.15, 0.2) is 0 Å². The number of hydrogen-bond acceptors (Lipinski definition) is 4. The molecule has 0 radical (unpaired) electrons. The minimum Gasteiger partial charge on any atom is -0.466 e. The SMILES string of the molecule is CCOC(=O)C12CC3CC(CC(Nc4ccc(OC(F)(F)F)cc4)(C3)C1)C2. The maximum absolute atomic E-state index is 12.7. The second-order valence-electron chi connectivity index (χ2n) is 8.44. The molecule has 5 rings (SSSR count). The van der Waals surface area contributed by atoms with Gasteiger partial charge in [0.25, 0.3) is 0 Å². The summed E-state index contributed by atoms with van der Waals surface area (Å²) in [6, 6.07) is 5.85. The Hall–Kier alpha value is -1.92. The molecule has 0 aromatic heterocycles. The van der Waals surface area contributed by atoms with E-state index < -0.39 is 11.8 Å². The third kappa shape index (κ3) is 3.60. The van der Waals surface area contributed by atoms with E-state index in [0.717, 1.165) is 44.2 Å². The van der Waals surface area contributed by atoms with Crippen molar-refractivity contribution in [2.24, 2.45) is 17.3 Å². The molecule has 4 saturated carbocycles. The van der Waals surface area contributed by atoms with Crippen molar-refractivity contribution in [2.75, 3.05) is 11.9 Å². The van der Waals surface area contributed by atoms with Crippen LogP contribution >= 0.6 is 0 Å². The molecular formula is C20H24F3NO3. The van der Waals surface area contributed by atoms with Crippen LogP contribution in [0, 0.1) is 17.3 Å². The van der Waals surface area contributed by atoms with Gasteiger partial charge in [-0.25, -0.2) is 0 Å². The topological polar surface area (TPSA) is 47.6 Å². The maximum Gasteiger partial charge on any atom is 0.573 e. The predicted molar refractivity (Wildman–Crippen MR) is 93.2 cm³/mol. The molecule has 4 aliphatic carbocycles. The summed E-state index contributed by atoms with van der Waals surface area (Å²) in [5.41, 5.74) is 0.154. The molecule has 0 spiro atoms. The first kappa shape index (κ1) is 18.4. The van der Waals surface area contributed by atoms with E-state index in [-0.39, 0.29) is 17.3 Å². The molecule has 148 valence electrons. The molecular weight excluding hydrogens is 359 g/mol. The highest BCUT2D eigenvalue weighted by Crippen LogP contribution is 2.62. The fourth-order valence-electron chi connectivity index (χ4n) is 5.98. The second kappa shape index (κ2) is 6.31. The Morgan fingerprint density at radius 2 is 1.78 bits per heavy atom. The van der Waals surface area contributed by atoms with Gasteiger partial charge < -0.3 is 14.8 Å². The van der Waals surface area contributed by atoms with Crippen LogP contribution < -0.4 is 10.1 Å². The molecule has 7 heteroatoms. The summed E-state index contributed by atoms with van der Waals surface area (Å²) in [5, 5.41) is 3.55. The summed E-state index contributed by atoms with van der Waals surface area (Å²) in [6.07, 6.45) is 0.960. The molecule has 0 heterocycles. The number of hydrogen-bond donors (Lipinski definition) is 1. The van der Waals surface area contributed by atoms with E-state index in [1.165, 1.54) is 12.1 Å². The van der Waals surface area contributed by atoms with E-state index in [9.17, 15) is 18.0 Å². The van der Waals surface area contributed by atoms with Crippen molar-refractivity contribution < 1.29 is 27.4 Å². The molecule has 1 aromatic rings. The Kier molecular flexibility index (Phi) is 4.31. The average molecular weight is 383 g/mol. The lowest BCUT2D eigenvalue weighted by atomic mass is 9.47. The molecule has 1 aromatic carbocycles. The highest BCUT2D eigenvalue weighted by molar-refractivity contribution is 5.78. The first-order valence-corrected chi connectivity index (χ1v) is 9.52. The van der Waals surface area contributed by atoms with Crippen LogP contribution in [-0.2, 0) is 9.53 Å². The third-order valence-electron chi connectivity index (χ3n) is 6.27. The number of carbonyl (C=O) groups excluding carboxylic acids is 1. The monoisotopic (exact) mass is 383 g/mol. The average Bonchev–Trinajstić information content (AvgIpc) is 2.54. The molecule has 0 amide bonds. The van der Waals surface area contributed by atoms with Crippen molar-refractivity contribution in [1.82, 2.24) is 0 Å². The van der Waals surface area contributed by atoms with Gasteiger partial charge in [-0.05, 0) is 81.5 Å². The van der Waals surface area contributed by atoms with Crippen LogP contribution in [0.5, 0.6) is 5.75 Å². The first-order chi connectivity index (χ1) is 12.7. The number of benzene rings is 1. The first-order valence-electron chi connectivity index (χ1n) is 9.52. The van der Waals surface area contributed by atoms with E-state index in [1.807, 2.05) is 6.92 Å². The zero-order valence-corrected chi connectivity index (χ0v) is 15.3. The van der Waals surface area contributed by atoms with Crippen molar-refractivity contribution in [1.29, 1.82) is 0 Å². The summed E-state index contributed by atoms with van der Waals surface area (Å²) >= 11 is 0. The van der Waals surface area contributed by atoms with Gasteiger partial charge in [0.1, 0.15) is 5.75 Å². The zero-order valence-electron chi connectivity index (χ0n) is 15.3. The minimum atomic E-state index is -4.69. The van der Waals surface area contributed by atoms with Crippen molar-refractivity contribution in [3.63, 3.8) is 0 Å². The number of halogens is 3. The largest absolute Gasteiger partial charge is 0.573 e. The molecule has 4 nitrogen and oxygen atoms in total. The lowest BCUT2D eigenvalue weighted by Crippen LogP contribution is -2.61. The van der Waals surface area contributed by atoms with E-state index in [2.05, 4.69) is 10.1 Å². The van der Waals surface area contributed by atoms with Crippen LogP contribution in [0.1, 0.15) is 45.4 Å². The summed E-state index contributed by atoms with van der Waals surface area (Å²) in [5.74, 6) is 0.674. The number of ether oxygens (including phenoxy) is 2. The quantitative estimate of drug-likeness (QED) is 0.735. The van der Waals surface area contributed by atoms with E-state index in [4.69, 9.17) is 4.74 Å². The van der Waals surface area contributed by atoms with E-state index in [0.29, 0.717) is 18.4 Å². The molecule has 4 fully saturated rings. The molecule has 0 aliphatic heterocycles. The van der Waals surface area contributed by atoms with Gasteiger partial charge in [0.2, 0.25) is 0 Å². The van der Waals surface area contributed by atoms with Crippen molar-refractivity contribution in [3.05, 3.63) is 24.3 Å². The Morgan fingerprint density at radius 1 is 1.15 bits per heavy atom. The Bertz CT molecular complexity index is 702. The Labute approximate surface area is 156 Å². The highest BCUT2D eigenvalue weighted by Gasteiger charge is 2.61. The van der Waals surface area contributed by atoms with E-state index in [1.54, 1.807) is 12.1 Å². The second-order valence-corrected chi connectivity index (χ2v) is 8.44. The van der Waals surface area contributed by atoms with Crippen LogP contribution in [0.3, 0.4) is 0 Å². The number of carbonyl (C=O) groups is 1. The molecule has 0 saturated heterocycles. The standard InChI is InChI=1S/C20H24F3NO3/c1-2-26-17(25)18-8-13-7-14(9-18)11-19(10-13,12-18)24-15-3-5-16(6-4-15)27-20(21,22)23/h3-6,13-14,24H,2,7-12H2,1H3. The predicted octanol–water partition coefficient (Wildman–Crippen LogP) is 4.90. The number of esters is 1. The van der Waals surface area contributed by atoms with Gasteiger partial charge in [0.05, 0.1) is 12.0 Å². The third-order valence-corrected chi connectivity index (χ3v) is 6.27. The van der Waals surface area contributed by atoms with Gasteiger partial charge in [0, 0.05) is 11.2 Å². The smallest absolute Gasteiger partial charge is 0.466 e. The normalized spacial score (nSPS) is 34.4. The molecule has 2 atom stereocenters. The molecule has 1 N–H and O–H groups in total. The summed E-state index contributed by atoms with van der Waals surface area (Å²) in [4.78, 5) is 12.7. The number of anilines is 1. The Morgan fingerprint density at radius 3 is 2.33 bits per heavy atom. The number of nitrogens with one attached hydrogen (secondary N) is 1. The van der Waals surface area contributed by atoms with Crippen LogP contribution in [0.25, 0.3) is 0 Å².